The molecule has 0 aliphatic carbocycles. The molecule has 1 aromatic heterocycles. The van der Waals surface area contributed by atoms with Gasteiger partial charge in [-0.2, -0.15) is 0 Å². The average Bonchev–Trinajstić information content (AvgIpc) is 2.68. The van der Waals surface area contributed by atoms with Crippen molar-refractivity contribution in [2.24, 2.45) is 7.05 Å². The van der Waals surface area contributed by atoms with Gasteiger partial charge in [-0.3, -0.25) is 4.79 Å². The average molecular weight is 300 g/mol. The number of nitrogens with zero attached hydrogens (tertiary/aromatic N) is 1. The Morgan fingerprint density at radius 1 is 1.35 bits per heavy atom. The number of hydrogen-bond acceptors (Lipinski definition) is 3. The first-order chi connectivity index (χ1) is 9.24. The molecule has 0 spiro atoms. The van der Waals surface area contributed by atoms with Crippen molar-refractivity contribution in [1.82, 2.24) is 4.98 Å². The van der Waals surface area contributed by atoms with E-state index in [9.17, 15) is 22.1 Å². The van der Waals surface area contributed by atoms with Crippen molar-refractivity contribution < 1.29 is 36.1 Å². The normalized spacial score (nSPS) is 10.7. The van der Waals surface area contributed by atoms with Crippen LogP contribution in [0.4, 0.5) is 17.3 Å². The summed E-state index contributed by atoms with van der Waals surface area (Å²) in [4.78, 5) is 14.3. The van der Waals surface area contributed by atoms with Crippen LogP contribution in [0, 0.1) is 0 Å². The summed E-state index contributed by atoms with van der Waals surface area (Å²) in [6, 6.07) is 0. The summed E-state index contributed by atoms with van der Waals surface area (Å²) in [6.45, 7) is 3.32. The summed E-state index contributed by atoms with van der Waals surface area (Å²) in [5, 5.41) is 0. The van der Waals surface area contributed by atoms with Crippen LogP contribution in [-0.4, -0.2) is 38.0 Å². The lowest BCUT2D eigenvalue weighted by atomic mass is 10.3. The van der Waals surface area contributed by atoms with E-state index in [0.29, 0.717) is 19.8 Å². The van der Waals surface area contributed by atoms with Crippen LogP contribution in [0.25, 0.3) is 0 Å². The first-order valence-electron chi connectivity index (χ1n) is 5.86. The largest absolute Gasteiger partial charge is 0.673 e. The Kier molecular flexibility index (Phi) is 8.61. The molecule has 1 rings (SSSR count). The summed E-state index contributed by atoms with van der Waals surface area (Å²) in [7, 11) is -4.13. The van der Waals surface area contributed by atoms with Gasteiger partial charge in [0.1, 0.15) is 25.4 Å². The molecule has 116 valence electrons. The van der Waals surface area contributed by atoms with E-state index < -0.39 is 7.25 Å². The Hall–Kier alpha value is -1.58. The Balaban J connectivity index is 0.000000621. The van der Waals surface area contributed by atoms with E-state index in [0.717, 1.165) is 5.82 Å². The molecule has 0 unspecified atom stereocenters. The second-order valence-corrected chi connectivity index (χ2v) is 3.61. The molecule has 0 radical (unpaired) electrons. The van der Waals surface area contributed by atoms with Crippen LogP contribution in [-0.2, 0) is 27.7 Å². The maximum Gasteiger partial charge on any atom is 0.673 e. The lowest BCUT2D eigenvalue weighted by Gasteiger charge is -2.02. The molecule has 0 aromatic carbocycles. The highest BCUT2D eigenvalue weighted by molar-refractivity contribution is 6.50. The maximum absolute atomic E-state index is 11.3. The monoisotopic (exact) mass is 300 g/mol. The molecule has 1 aromatic rings. The third-order valence-corrected chi connectivity index (χ3v) is 1.98. The zero-order valence-electron chi connectivity index (χ0n) is 11.2. The van der Waals surface area contributed by atoms with Crippen LogP contribution in [0.2, 0.25) is 0 Å². The number of nitrogens with one attached hydrogen (secondary N) is 1. The second-order valence-electron chi connectivity index (χ2n) is 3.61. The van der Waals surface area contributed by atoms with Crippen LogP contribution in [0.1, 0.15) is 12.7 Å². The SMILES string of the molecule is CCOCCOC(=O)Cc1[nH]cc[n+]1C.F[B-](F)(F)F. The maximum atomic E-state index is 11.3. The fraction of sp³-hybridized carbons (Fsp3) is 0.600. The number of aryl methyl sites for hydroxylation is 1. The lowest BCUT2D eigenvalue weighted by molar-refractivity contribution is -0.677. The van der Waals surface area contributed by atoms with Crippen LogP contribution in [0.15, 0.2) is 12.4 Å². The molecule has 0 amide bonds. The molecule has 0 aliphatic rings. The molecule has 1 N–H and O–H groups in total. The molecule has 1 heterocycles. The van der Waals surface area contributed by atoms with Gasteiger partial charge in [-0.1, -0.05) is 0 Å². The van der Waals surface area contributed by atoms with Gasteiger partial charge in [0.15, 0.2) is 0 Å². The standard InChI is InChI=1S/C10H16N2O3.BF4/c1-3-14-6-7-15-10(13)8-9-11-4-5-12(9)2;2-1(3,4)5/h4-5H,3,6-8H2,1-2H3;/q;-1/p+1. The van der Waals surface area contributed by atoms with Crippen LogP contribution < -0.4 is 4.57 Å². The van der Waals surface area contributed by atoms with Crippen LogP contribution >= 0.6 is 0 Å². The Bertz CT molecular complexity index is 392. The minimum Gasteiger partial charge on any atom is -0.463 e. The molecule has 20 heavy (non-hydrogen) atoms. The number of H-pyrrole nitrogens is 1. The van der Waals surface area contributed by atoms with Crippen molar-refractivity contribution in [1.29, 1.82) is 0 Å². The van der Waals surface area contributed by atoms with Crippen molar-refractivity contribution in [3.05, 3.63) is 18.2 Å². The van der Waals surface area contributed by atoms with Gasteiger partial charge in [0.05, 0.1) is 13.7 Å². The van der Waals surface area contributed by atoms with Crippen molar-refractivity contribution in [2.75, 3.05) is 19.8 Å². The first kappa shape index (κ1) is 18.4. The highest BCUT2D eigenvalue weighted by Crippen LogP contribution is 2.06. The van der Waals surface area contributed by atoms with Crippen LogP contribution in [0.3, 0.4) is 0 Å². The minimum absolute atomic E-state index is 0.243. The third kappa shape index (κ3) is 11.5. The van der Waals surface area contributed by atoms with Gasteiger partial charge in [-0.05, 0) is 6.92 Å². The molecule has 0 bridgehead atoms. The molecule has 0 saturated carbocycles. The fourth-order valence-electron chi connectivity index (χ4n) is 1.16. The highest BCUT2D eigenvalue weighted by Gasteiger charge is 2.20. The van der Waals surface area contributed by atoms with Gasteiger partial charge >= 0.3 is 13.2 Å². The van der Waals surface area contributed by atoms with Gasteiger partial charge in [-0.15, -0.1) is 0 Å². The summed E-state index contributed by atoms with van der Waals surface area (Å²) in [5.41, 5.74) is 0. The lowest BCUT2D eigenvalue weighted by Crippen LogP contribution is -2.32. The van der Waals surface area contributed by atoms with E-state index in [-0.39, 0.29) is 12.4 Å². The van der Waals surface area contributed by atoms with Gasteiger partial charge < -0.3 is 26.7 Å². The third-order valence-electron chi connectivity index (χ3n) is 1.98. The zero-order valence-corrected chi connectivity index (χ0v) is 11.2. The number of rotatable bonds is 6. The van der Waals surface area contributed by atoms with Crippen LogP contribution in [0.5, 0.6) is 0 Å². The Labute approximate surface area is 114 Å². The van der Waals surface area contributed by atoms with Gasteiger partial charge in [0.2, 0.25) is 0 Å². The number of carbonyl (C=O) groups is 1. The summed E-state index contributed by atoms with van der Waals surface area (Å²) >= 11 is 0. The Morgan fingerprint density at radius 2 is 1.95 bits per heavy atom. The molecule has 0 aliphatic heterocycles. The van der Waals surface area contributed by atoms with Crippen molar-refractivity contribution >= 4 is 13.2 Å². The number of aromatic amines is 1. The number of halogens is 4. The topological polar surface area (TPSA) is 55.2 Å². The summed E-state index contributed by atoms with van der Waals surface area (Å²) in [5.74, 6) is 0.587. The second kappa shape index (κ2) is 9.35. The van der Waals surface area contributed by atoms with E-state index in [1.54, 1.807) is 6.20 Å². The Morgan fingerprint density at radius 3 is 2.40 bits per heavy atom. The number of carbonyl (C=O) groups excluding carboxylic acids is 1. The quantitative estimate of drug-likeness (QED) is 0.283. The van der Waals surface area contributed by atoms with Gasteiger partial charge in [-0.25, -0.2) is 9.55 Å². The summed E-state index contributed by atoms with van der Waals surface area (Å²) in [6.07, 6.45) is 3.89. The predicted molar refractivity (Wildman–Crippen MR) is 63.3 cm³/mol. The predicted octanol–water partition coefficient (Wildman–Crippen LogP) is 1.26. The number of esters is 1. The van der Waals surface area contributed by atoms with Crippen molar-refractivity contribution in [2.45, 2.75) is 13.3 Å². The van der Waals surface area contributed by atoms with E-state index in [1.165, 1.54) is 0 Å². The molecule has 0 fully saturated rings. The number of aromatic nitrogens is 2. The van der Waals surface area contributed by atoms with E-state index in [2.05, 4.69) is 4.98 Å². The molecule has 10 heteroatoms. The van der Waals surface area contributed by atoms with E-state index in [4.69, 9.17) is 9.47 Å². The van der Waals surface area contributed by atoms with Gasteiger partial charge in [0, 0.05) is 6.61 Å². The number of imidazole rings is 1. The number of hydrogen-bond donors (Lipinski definition) is 1. The first-order valence-corrected chi connectivity index (χ1v) is 5.86. The molecule has 0 saturated heterocycles. The fourth-order valence-corrected chi connectivity index (χ4v) is 1.16. The minimum atomic E-state index is -6.00. The molecular formula is C10H17BF4N2O3. The molecule has 0 atom stereocenters. The van der Waals surface area contributed by atoms with Crippen molar-refractivity contribution in [3.8, 4) is 0 Å². The van der Waals surface area contributed by atoms with E-state index >= 15 is 0 Å². The summed E-state index contributed by atoms with van der Waals surface area (Å²) < 4.78 is 50.9. The zero-order chi connectivity index (χ0) is 15.6. The molecular weight excluding hydrogens is 283 g/mol. The van der Waals surface area contributed by atoms with Crippen molar-refractivity contribution in [3.63, 3.8) is 0 Å². The molecule has 5 nitrogen and oxygen atoms in total. The number of ether oxygens (including phenoxy) is 2. The van der Waals surface area contributed by atoms with Gasteiger partial charge in [0.25, 0.3) is 5.82 Å². The van der Waals surface area contributed by atoms with E-state index in [1.807, 2.05) is 24.7 Å². The smallest absolute Gasteiger partial charge is 0.463 e. The highest BCUT2D eigenvalue weighted by atomic mass is 19.5.